The molecule has 2 rings (SSSR count). The van der Waals surface area contributed by atoms with Gasteiger partial charge in [-0.15, -0.1) is 11.3 Å². The van der Waals surface area contributed by atoms with Gasteiger partial charge in [0.25, 0.3) is 0 Å². The van der Waals surface area contributed by atoms with E-state index in [1.807, 2.05) is 23.6 Å². The zero-order valence-corrected chi connectivity index (χ0v) is 14.4. The van der Waals surface area contributed by atoms with Crippen molar-refractivity contribution in [1.82, 2.24) is 5.43 Å². The molecule has 0 aliphatic rings. The van der Waals surface area contributed by atoms with Crippen molar-refractivity contribution < 1.29 is 14.2 Å². The van der Waals surface area contributed by atoms with Gasteiger partial charge in [0.1, 0.15) is 0 Å². The van der Waals surface area contributed by atoms with E-state index in [1.165, 1.54) is 0 Å². The van der Waals surface area contributed by atoms with E-state index >= 15 is 0 Å². The molecule has 114 valence electrons. The maximum absolute atomic E-state index is 5.74. The maximum Gasteiger partial charge on any atom is 0.203 e. The van der Waals surface area contributed by atoms with Crippen LogP contribution in [0.3, 0.4) is 0 Å². The average molecular weight is 373 g/mol. The molecule has 1 heterocycles. The van der Waals surface area contributed by atoms with Crippen LogP contribution in [0, 0.1) is 0 Å². The van der Waals surface area contributed by atoms with Gasteiger partial charge < -0.3 is 14.2 Å². The molecule has 0 aliphatic heterocycles. The number of ether oxygens (including phenoxy) is 3. The predicted molar refractivity (Wildman–Crippen MR) is 87.3 cm³/mol. The van der Waals surface area contributed by atoms with Crippen molar-refractivity contribution in [1.29, 1.82) is 0 Å². The second-order valence-corrected chi connectivity index (χ2v) is 5.99. The van der Waals surface area contributed by atoms with E-state index in [1.54, 1.807) is 32.7 Å². The summed E-state index contributed by atoms with van der Waals surface area (Å²) in [6.07, 6.45) is 0. The monoisotopic (exact) mass is 372 g/mol. The summed E-state index contributed by atoms with van der Waals surface area (Å²) >= 11 is 5.14. The summed E-state index contributed by atoms with van der Waals surface area (Å²) in [5, 5.41) is 2.00. The molecule has 0 radical (unpaired) electrons. The van der Waals surface area contributed by atoms with Crippen LogP contribution in [0.25, 0.3) is 0 Å². The SMILES string of the molecule is COc1cc(C(NN)c2sccc2Br)cc(OC)c1OC. The fourth-order valence-corrected chi connectivity index (χ4v) is 3.79. The molecule has 0 spiro atoms. The molecular formula is C14H17BrN2O3S. The van der Waals surface area contributed by atoms with E-state index in [0.29, 0.717) is 17.2 Å². The quantitative estimate of drug-likeness (QED) is 0.602. The zero-order valence-electron chi connectivity index (χ0n) is 12.0. The van der Waals surface area contributed by atoms with Crippen molar-refractivity contribution in [3.05, 3.63) is 38.5 Å². The molecule has 7 heteroatoms. The minimum absolute atomic E-state index is 0.173. The standard InChI is InChI=1S/C14H17BrN2O3S/c1-18-10-6-8(7-11(19-2)13(10)20-3)12(17-16)14-9(15)4-5-21-14/h4-7,12,17H,16H2,1-3H3. The highest BCUT2D eigenvalue weighted by atomic mass is 79.9. The van der Waals surface area contributed by atoms with Crippen LogP contribution in [0.2, 0.25) is 0 Å². The Morgan fingerprint density at radius 3 is 2.14 bits per heavy atom. The maximum atomic E-state index is 5.74. The summed E-state index contributed by atoms with van der Waals surface area (Å²) in [6, 6.07) is 5.59. The lowest BCUT2D eigenvalue weighted by Gasteiger charge is -2.19. The van der Waals surface area contributed by atoms with E-state index in [2.05, 4.69) is 21.4 Å². The lowest BCUT2D eigenvalue weighted by Crippen LogP contribution is -2.28. The van der Waals surface area contributed by atoms with Gasteiger partial charge in [0.05, 0.1) is 27.4 Å². The Labute approximate surface area is 136 Å². The van der Waals surface area contributed by atoms with Gasteiger partial charge in [-0.2, -0.15) is 0 Å². The number of methoxy groups -OCH3 is 3. The first-order valence-corrected chi connectivity index (χ1v) is 7.82. The average Bonchev–Trinajstić information content (AvgIpc) is 2.93. The van der Waals surface area contributed by atoms with Crippen LogP contribution in [0.5, 0.6) is 17.2 Å². The van der Waals surface area contributed by atoms with Crippen LogP contribution in [0.1, 0.15) is 16.5 Å². The molecule has 0 saturated carbocycles. The first-order valence-electron chi connectivity index (χ1n) is 6.15. The Bertz CT molecular complexity index is 593. The number of rotatable bonds is 6. The Hall–Kier alpha value is -1.28. The third-order valence-corrected chi connectivity index (χ3v) is 5.03. The van der Waals surface area contributed by atoms with E-state index in [4.69, 9.17) is 20.1 Å². The fourth-order valence-electron chi connectivity index (χ4n) is 2.10. The highest BCUT2D eigenvalue weighted by Gasteiger charge is 2.21. The number of hydrogen-bond donors (Lipinski definition) is 2. The Morgan fingerprint density at radius 2 is 1.76 bits per heavy atom. The molecular weight excluding hydrogens is 356 g/mol. The number of nitrogens with two attached hydrogens (primary N) is 1. The number of hydrazine groups is 1. The van der Waals surface area contributed by atoms with Crippen LogP contribution < -0.4 is 25.5 Å². The molecule has 1 unspecified atom stereocenters. The molecule has 0 amide bonds. The van der Waals surface area contributed by atoms with E-state index in [0.717, 1.165) is 14.9 Å². The molecule has 0 bridgehead atoms. The molecule has 0 fully saturated rings. The van der Waals surface area contributed by atoms with Crippen LogP contribution in [-0.4, -0.2) is 21.3 Å². The van der Waals surface area contributed by atoms with E-state index in [-0.39, 0.29) is 6.04 Å². The van der Waals surface area contributed by atoms with Crippen LogP contribution in [-0.2, 0) is 0 Å². The molecule has 5 nitrogen and oxygen atoms in total. The first kappa shape index (κ1) is 16.1. The molecule has 1 aromatic heterocycles. The lowest BCUT2D eigenvalue weighted by atomic mass is 10.0. The Balaban J connectivity index is 2.54. The molecule has 3 N–H and O–H groups in total. The Morgan fingerprint density at radius 1 is 1.14 bits per heavy atom. The summed E-state index contributed by atoms with van der Waals surface area (Å²) in [6.45, 7) is 0. The number of halogens is 1. The topological polar surface area (TPSA) is 65.7 Å². The predicted octanol–water partition coefficient (Wildman–Crippen LogP) is 3.09. The zero-order chi connectivity index (χ0) is 15.4. The lowest BCUT2D eigenvalue weighted by molar-refractivity contribution is 0.323. The third kappa shape index (κ3) is 3.16. The van der Waals surface area contributed by atoms with Crippen molar-refractivity contribution in [3.8, 4) is 17.2 Å². The van der Waals surface area contributed by atoms with E-state index < -0.39 is 0 Å². The Kier molecular flexibility index (Phi) is 5.46. The second-order valence-electron chi connectivity index (χ2n) is 4.19. The van der Waals surface area contributed by atoms with Gasteiger partial charge in [-0.3, -0.25) is 5.84 Å². The highest BCUT2D eigenvalue weighted by Crippen LogP contribution is 2.42. The highest BCUT2D eigenvalue weighted by molar-refractivity contribution is 9.10. The molecule has 0 aliphatic carbocycles. The minimum atomic E-state index is -0.173. The summed E-state index contributed by atoms with van der Waals surface area (Å²) in [5.74, 6) is 7.50. The summed E-state index contributed by atoms with van der Waals surface area (Å²) in [7, 11) is 4.76. The molecule has 0 saturated heterocycles. The van der Waals surface area contributed by atoms with Gasteiger partial charge in [0.15, 0.2) is 11.5 Å². The van der Waals surface area contributed by atoms with Gasteiger partial charge >= 0.3 is 0 Å². The first-order chi connectivity index (χ1) is 10.2. The van der Waals surface area contributed by atoms with Gasteiger partial charge in [-0.25, -0.2) is 5.43 Å². The number of hydrogen-bond acceptors (Lipinski definition) is 6. The largest absolute Gasteiger partial charge is 0.493 e. The number of nitrogens with one attached hydrogen (secondary N) is 1. The van der Waals surface area contributed by atoms with Crippen LogP contribution in [0.15, 0.2) is 28.1 Å². The normalized spacial score (nSPS) is 12.0. The summed E-state index contributed by atoms with van der Waals surface area (Å²) in [4.78, 5) is 1.08. The van der Waals surface area contributed by atoms with Crippen LogP contribution in [0.4, 0.5) is 0 Å². The smallest absolute Gasteiger partial charge is 0.203 e. The fraction of sp³-hybridized carbons (Fsp3) is 0.286. The van der Waals surface area contributed by atoms with Gasteiger partial charge in [-0.05, 0) is 45.1 Å². The van der Waals surface area contributed by atoms with Gasteiger partial charge in [0.2, 0.25) is 5.75 Å². The van der Waals surface area contributed by atoms with Crippen LogP contribution >= 0.6 is 27.3 Å². The van der Waals surface area contributed by atoms with Gasteiger partial charge in [-0.1, -0.05) is 0 Å². The van der Waals surface area contributed by atoms with Crippen molar-refractivity contribution in [2.24, 2.45) is 5.84 Å². The molecule has 1 atom stereocenters. The third-order valence-electron chi connectivity index (χ3n) is 3.09. The van der Waals surface area contributed by atoms with Crippen molar-refractivity contribution in [3.63, 3.8) is 0 Å². The molecule has 1 aromatic carbocycles. The molecule has 2 aromatic rings. The second kappa shape index (κ2) is 7.13. The van der Waals surface area contributed by atoms with Crippen molar-refractivity contribution in [2.75, 3.05) is 21.3 Å². The minimum Gasteiger partial charge on any atom is -0.493 e. The summed E-state index contributed by atoms with van der Waals surface area (Å²) in [5.41, 5.74) is 3.76. The van der Waals surface area contributed by atoms with Crippen molar-refractivity contribution in [2.45, 2.75) is 6.04 Å². The molecule has 21 heavy (non-hydrogen) atoms. The number of thiophene rings is 1. The van der Waals surface area contributed by atoms with Crippen molar-refractivity contribution >= 4 is 27.3 Å². The summed E-state index contributed by atoms with van der Waals surface area (Å²) < 4.78 is 17.1. The van der Waals surface area contributed by atoms with E-state index in [9.17, 15) is 0 Å². The number of benzene rings is 1. The van der Waals surface area contributed by atoms with Gasteiger partial charge in [0, 0.05) is 9.35 Å².